The fourth-order valence-corrected chi connectivity index (χ4v) is 1.82. The molecule has 0 saturated heterocycles. The highest BCUT2D eigenvalue weighted by Crippen LogP contribution is 2.20. The van der Waals surface area contributed by atoms with E-state index >= 15 is 0 Å². The van der Waals surface area contributed by atoms with Crippen LogP contribution in [-0.4, -0.2) is 25.0 Å². The van der Waals surface area contributed by atoms with Crippen LogP contribution in [-0.2, 0) is 0 Å². The van der Waals surface area contributed by atoms with Crippen LogP contribution in [0.25, 0.3) is 0 Å². The maximum absolute atomic E-state index is 12.2. The average molecular weight is 292 g/mol. The number of halogens is 1. The Balaban J connectivity index is 2.23. The molecule has 0 unspecified atom stereocenters. The molecule has 2 N–H and O–H groups in total. The molecule has 20 heavy (non-hydrogen) atoms. The van der Waals surface area contributed by atoms with Gasteiger partial charge >= 0.3 is 0 Å². The topological polar surface area (TPSA) is 63.2 Å². The molecule has 0 aliphatic rings. The van der Waals surface area contributed by atoms with Gasteiger partial charge in [0.25, 0.3) is 5.91 Å². The summed E-state index contributed by atoms with van der Waals surface area (Å²) >= 11 is 6.00. The molecule has 0 atom stereocenters. The minimum absolute atomic E-state index is 0.168. The summed E-state index contributed by atoms with van der Waals surface area (Å²) in [6.45, 7) is 0. The first-order valence-corrected chi connectivity index (χ1v) is 6.31. The molecule has 0 aliphatic heterocycles. The third-order valence-corrected chi connectivity index (χ3v) is 2.95. The Labute approximate surface area is 121 Å². The number of rotatable bonds is 4. The number of carbonyl (C=O) groups excluding carboxylic acids is 1. The SMILES string of the molecule is CNc1ccc(Cl)c(C(=O)Nc2cccc(OC)c2)n1. The van der Waals surface area contributed by atoms with E-state index < -0.39 is 0 Å². The molecule has 2 aromatic rings. The summed E-state index contributed by atoms with van der Waals surface area (Å²) in [6, 6.07) is 10.4. The number of ether oxygens (including phenoxy) is 1. The van der Waals surface area contributed by atoms with Crippen LogP contribution in [0.2, 0.25) is 5.02 Å². The van der Waals surface area contributed by atoms with Gasteiger partial charge in [0.2, 0.25) is 0 Å². The summed E-state index contributed by atoms with van der Waals surface area (Å²) < 4.78 is 5.10. The van der Waals surface area contributed by atoms with Gasteiger partial charge in [0.05, 0.1) is 12.1 Å². The number of nitrogens with one attached hydrogen (secondary N) is 2. The van der Waals surface area contributed by atoms with Gasteiger partial charge in [0.15, 0.2) is 0 Å². The van der Waals surface area contributed by atoms with Crippen LogP contribution in [0.3, 0.4) is 0 Å². The van der Waals surface area contributed by atoms with Gasteiger partial charge < -0.3 is 15.4 Å². The predicted octanol–water partition coefficient (Wildman–Crippen LogP) is 3.04. The Bertz CT molecular complexity index is 632. The van der Waals surface area contributed by atoms with Gasteiger partial charge in [-0.25, -0.2) is 4.98 Å². The fourth-order valence-electron chi connectivity index (χ4n) is 1.63. The van der Waals surface area contributed by atoms with E-state index in [1.807, 2.05) is 0 Å². The molecule has 1 aromatic carbocycles. The Morgan fingerprint density at radius 2 is 2.10 bits per heavy atom. The highest BCUT2D eigenvalue weighted by Gasteiger charge is 2.13. The highest BCUT2D eigenvalue weighted by molar-refractivity contribution is 6.34. The van der Waals surface area contributed by atoms with Crippen LogP contribution in [0.4, 0.5) is 11.5 Å². The van der Waals surface area contributed by atoms with E-state index in [-0.39, 0.29) is 11.6 Å². The van der Waals surface area contributed by atoms with Gasteiger partial charge in [-0.15, -0.1) is 0 Å². The average Bonchev–Trinajstić information content (AvgIpc) is 2.47. The first kappa shape index (κ1) is 14.1. The lowest BCUT2D eigenvalue weighted by molar-refractivity contribution is 0.102. The van der Waals surface area contributed by atoms with E-state index in [4.69, 9.17) is 16.3 Å². The smallest absolute Gasteiger partial charge is 0.275 e. The largest absolute Gasteiger partial charge is 0.497 e. The van der Waals surface area contributed by atoms with Crippen molar-refractivity contribution in [3.05, 3.63) is 47.1 Å². The number of hydrogen-bond acceptors (Lipinski definition) is 4. The van der Waals surface area contributed by atoms with Gasteiger partial charge in [0, 0.05) is 18.8 Å². The number of anilines is 2. The van der Waals surface area contributed by atoms with Crippen LogP contribution in [0.5, 0.6) is 5.75 Å². The molecule has 5 nitrogen and oxygen atoms in total. The zero-order valence-corrected chi connectivity index (χ0v) is 11.9. The first-order chi connectivity index (χ1) is 9.63. The van der Waals surface area contributed by atoms with E-state index in [0.717, 1.165) is 0 Å². The lowest BCUT2D eigenvalue weighted by Gasteiger charge is -2.08. The van der Waals surface area contributed by atoms with Crippen LogP contribution in [0, 0.1) is 0 Å². The van der Waals surface area contributed by atoms with E-state index in [9.17, 15) is 4.79 Å². The molecule has 1 aromatic heterocycles. The van der Waals surface area contributed by atoms with Crippen molar-refractivity contribution < 1.29 is 9.53 Å². The number of pyridine rings is 1. The third-order valence-electron chi connectivity index (χ3n) is 2.64. The van der Waals surface area contributed by atoms with E-state index in [2.05, 4.69) is 15.6 Å². The molecule has 0 radical (unpaired) electrons. The van der Waals surface area contributed by atoms with E-state index in [1.54, 1.807) is 50.6 Å². The summed E-state index contributed by atoms with van der Waals surface area (Å²) in [5, 5.41) is 5.89. The second-order valence-electron chi connectivity index (χ2n) is 3.96. The summed E-state index contributed by atoms with van der Waals surface area (Å²) in [6.07, 6.45) is 0. The zero-order valence-electron chi connectivity index (χ0n) is 11.1. The van der Waals surface area contributed by atoms with Crippen molar-refractivity contribution in [2.24, 2.45) is 0 Å². The Hall–Kier alpha value is -2.27. The molecule has 6 heteroatoms. The molecule has 0 saturated carbocycles. The number of amides is 1. The molecule has 1 heterocycles. The number of carbonyl (C=O) groups is 1. The van der Waals surface area contributed by atoms with Crippen LogP contribution in [0.1, 0.15) is 10.5 Å². The van der Waals surface area contributed by atoms with E-state index in [1.165, 1.54) is 0 Å². The van der Waals surface area contributed by atoms with Gasteiger partial charge in [0.1, 0.15) is 17.3 Å². The van der Waals surface area contributed by atoms with Gasteiger partial charge in [-0.05, 0) is 24.3 Å². The zero-order chi connectivity index (χ0) is 14.5. The van der Waals surface area contributed by atoms with E-state index in [0.29, 0.717) is 22.3 Å². The second kappa shape index (κ2) is 6.25. The van der Waals surface area contributed by atoms with Gasteiger partial charge in [-0.3, -0.25) is 4.79 Å². The molecule has 1 amide bonds. The monoisotopic (exact) mass is 291 g/mol. The molecular weight excluding hydrogens is 278 g/mol. The summed E-state index contributed by atoms with van der Waals surface area (Å²) in [5.41, 5.74) is 0.781. The van der Waals surface area contributed by atoms with Crippen molar-refractivity contribution in [3.8, 4) is 5.75 Å². The molecule has 0 fully saturated rings. The highest BCUT2D eigenvalue weighted by atomic mass is 35.5. The minimum atomic E-state index is -0.375. The van der Waals surface area contributed by atoms with Crippen LogP contribution in [0.15, 0.2) is 36.4 Å². The molecule has 104 valence electrons. The van der Waals surface area contributed by atoms with Crippen molar-refractivity contribution in [3.63, 3.8) is 0 Å². The van der Waals surface area contributed by atoms with Crippen molar-refractivity contribution in [1.29, 1.82) is 0 Å². The maximum Gasteiger partial charge on any atom is 0.275 e. The van der Waals surface area contributed by atoms with Crippen LogP contribution < -0.4 is 15.4 Å². The Morgan fingerprint density at radius 3 is 2.80 bits per heavy atom. The summed E-state index contributed by atoms with van der Waals surface area (Å²) in [5.74, 6) is 0.858. The summed E-state index contributed by atoms with van der Waals surface area (Å²) in [7, 11) is 3.29. The first-order valence-electron chi connectivity index (χ1n) is 5.93. The van der Waals surface area contributed by atoms with Crippen molar-refractivity contribution >= 4 is 29.0 Å². The van der Waals surface area contributed by atoms with Crippen molar-refractivity contribution in [2.75, 3.05) is 24.8 Å². The summed E-state index contributed by atoms with van der Waals surface area (Å²) in [4.78, 5) is 16.3. The minimum Gasteiger partial charge on any atom is -0.497 e. The Kier molecular flexibility index (Phi) is 4.42. The lowest BCUT2D eigenvalue weighted by atomic mass is 10.2. The normalized spacial score (nSPS) is 9.95. The molecule has 0 aliphatic carbocycles. The predicted molar refractivity (Wildman–Crippen MR) is 79.7 cm³/mol. The standard InChI is InChI=1S/C14H14ClN3O2/c1-16-12-7-6-11(15)13(18-12)14(19)17-9-4-3-5-10(8-9)20-2/h3-8H,1-2H3,(H,16,18)(H,17,19). The lowest BCUT2D eigenvalue weighted by Crippen LogP contribution is -2.15. The molecular formula is C14H14ClN3O2. The number of hydrogen-bond donors (Lipinski definition) is 2. The number of methoxy groups -OCH3 is 1. The number of aromatic nitrogens is 1. The van der Waals surface area contributed by atoms with Gasteiger partial charge in [-0.1, -0.05) is 17.7 Å². The quantitative estimate of drug-likeness (QED) is 0.909. The molecule has 0 bridgehead atoms. The third kappa shape index (κ3) is 3.19. The number of benzene rings is 1. The second-order valence-corrected chi connectivity index (χ2v) is 4.37. The molecule has 0 spiro atoms. The van der Waals surface area contributed by atoms with Crippen molar-refractivity contribution in [2.45, 2.75) is 0 Å². The maximum atomic E-state index is 12.2. The number of nitrogens with zero attached hydrogens (tertiary/aromatic N) is 1. The van der Waals surface area contributed by atoms with Gasteiger partial charge in [-0.2, -0.15) is 0 Å². The fraction of sp³-hybridized carbons (Fsp3) is 0.143. The Morgan fingerprint density at radius 1 is 1.30 bits per heavy atom. The van der Waals surface area contributed by atoms with Crippen molar-refractivity contribution in [1.82, 2.24) is 4.98 Å². The van der Waals surface area contributed by atoms with Crippen LogP contribution >= 0.6 is 11.6 Å². The molecule has 2 rings (SSSR count).